The molecule has 0 saturated heterocycles. The molecule has 1 N–H and O–H groups in total. The number of benzene rings is 1. The molecule has 1 amide bonds. The first-order valence-corrected chi connectivity index (χ1v) is 7.01. The van der Waals surface area contributed by atoms with Crippen LogP contribution < -0.4 is 10.1 Å². The molecule has 0 unspecified atom stereocenters. The summed E-state index contributed by atoms with van der Waals surface area (Å²) in [6, 6.07) is 9.59. The van der Waals surface area contributed by atoms with Crippen LogP contribution in [0.2, 0.25) is 0 Å². The summed E-state index contributed by atoms with van der Waals surface area (Å²) >= 11 is 4.75. The summed E-state index contributed by atoms with van der Waals surface area (Å²) in [4.78, 5) is 12.5. The Morgan fingerprint density at radius 2 is 2.11 bits per heavy atom. The fraction of sp³-hybridized carbons (Fsp3) is 0.154. The number of hydrogen-bond acceptors (Lipinski definition) is 3. The average Bonchev–Trinajstić information content (AvgIpc) is 2.86. The molecule has 0 fully saturated rings. The van der Waals surface area contributed by atoms with Crippen molar-refractivity contribution in [1.29, 1.82) is 0 Å². The van der Waals surface area contributed by atoms with E-state index in [0.717, 1.165) is 10.0 Å². The highest BCUT2D eigenvalue weighted by molar-refractivity contribution is 9.10. The van der Waals surface area contributed by atoms with Gasteiger partial charge in [0, 0.05) is 22.5 Å². The minimum absolute atomic E-state index is 0.0776. The van der Waals surface area contributed by atoms with E-state index >= 15 is 0 Å². The standard InChI is InChI=1S/C13H12BrNO2S/c1-17-11-6-12(18-8-11)13(16)15-7-9-2-4-10(14)5-3-9/h2-6,8H,7H2,1H3,(H,15,16). The fourth-order valence-corrected chi connectivity index (χ4v) is 2.45. The van der Waals surface area contributed by atoms with Crippen LogP contribution in [0.1, 0.15) is 15.2 Å². The number of thiophene rings is 1. The Kier molecular flexibility index (Phi) is 4.38. The van der Waals surface area contributed by atoms with Gasteiger partial charge >= 0.3 is 0 Å². The summed E-state index contributed by atoms with van der Waals surface area (Å²) in [6.07, 6.45) is 0. The van der Waals surface area contributed by atoms with Crippen LogP contribution in [0.5, 0.6) is 5.75 Å². The summed E-state index contributed by atoms with van der Waals surface area (Å²) in [5, 5.41) is 4.69. The molecule has 0 bridgehead atoms. The third-order valence-electron chi connectivity index (χ3n) is 2.40. The first-order valence-electron chi connectivity index (χ1n) is 5.34. The number of amides is 1. The number of carbonyl (C=O) groups excluding carboxylic acids is 1. The molecule has 0 atom stereocenters. The summed E-state index contributed by atoms with van der Waals surface area (Å²) in [5.41, 5.74) is 1.06. The van der Waals surface area contributed by atoms with Crippen molar-refractivity contribution in [3.63, 3.8) is 0 Å². The maximum absolute atomic E-state index is 11.8. The predicted molar refractivity (Wildman–Crippen MR) is 76.2 cm³/mol. The van der Waals surface area contributed by atoms with Crippen molar-refractivity contribution >= 4 is 33.2 Å². The number of nitrogens with one attached hydrogen (secondary N) is 1. The zero-order valence-corrected chi connectivity index (χ0v) is 12.2. The van der Waals surface area contributed by atoms with Crippen LogP contribution in [0.15, 0.2) is 40.2 Å². The van der Waals surface area contributed by atoms with Crippen LogP contribution >= 0.6 is 27.3 Å². The second kappa shape index (κ2) is 6.02. The van der Waals surface area contributed by atoms with Crippen LogP contribution in [0.3, 0.4) is 0 Å². The van der Waals surface area contributed by atoms with Crippen molar-refractivity contribution in [2.24, 2.45) is 0 Å². The van der Waals surface area contributed by atoms with Gasteiger partial charge in [0.1, 0.15) is 5.75 Å². The third-order valence-corrected chi connectivity index (χ3v) is 3.84. The van der Waals surface area contributed by atoms with Gasteiger partial charge in [-0.15, -0.1) is 11.3 Å². The number of halogens is 1. The molecule has 1 aromatic heterocycles. The minimum atomic E-state index is -0.0776. The maximum atomic E-state index is 11.8. The molecule has 0 spiro atoms. The molecule has 2 aromatic rings. The van der Waals surface area contributed by atoms with Gasteiger partial charge < -0.3 is 10.1 Å². The van der Waals surface area contributed by atoms with Gasteiger partial charge in [0.2, 0.25) is 0 Å². The lowest BCUT2D eigenvalue weighted by molar-refractivity contribution is 0.0955. The topological polar surface area (TPSA) is 38.3 Å². The number of ether oxygens (including phenoxy) is 1. The van der Waals surface area contributed by atoms with Gasteiger partial charge in [-0.1, -0.05) is 28.1 Å². The van der Waals surface area contributed by atoms with E-state index in [1.807, 2.05) is 29.6 Å². The molecule has 1 heterocycles. The lowest BCUT2D eigenvalue weighted by Crippen LogP contribution is -2.21. The van der Waals surface area contributed by atoms with E-state index < -0.39 is 0 Å². The van der Waals surface area contributed by atoms with Gasteiger partial charge in [-0.25, -0.2) is 0 Å². The van der Waals surface area contributed by atoms with Crippen molar-refractivity contribution in [1.82, 2.24) is 5.32 Å². The number of methoxy groups -OCH3 is 1. The lowest BCUT2D eigenvalue weighted by atomic mass is 10.2. The lowest BCUT2D eigenvalue weighted by Gasteiger charge is -2.03. The molecular formula is C13H12BrNO2S. The van der Waals surface area contributed by atoms with E-state index in [0.29, 0.717) is 17.2 Å². The number of carbonyl (C=O) groups is 1. The van der Waals surface area contributed by atoms with Gasteiger partial charge in [0.15, 0.2) is 0 Å². The molecule has 0 aliphatic rings. The monoisotopic (exact) mass is 325 g/mol. The first-order chi connectivity index (χ1) is 8.69. The second-order valence-corrected chi connectivity index (χ2v) is 5.49. The highest BCUT2D eigenvalue weighted by atomic mass is 79.9. The van der Waals surface area contributed by atoms with Gasteiger partial charge in [-0.05, 0) is 17.7 Å². The van der Waals surface area contributed by atoms with Crippen molar-refractivity contribution in [3.05, 3.63) is 50.6 Å². The van der Waals surface area contributed by atoms with E-state index in [1.165, 1.54) is 11.3 Å². The van der Waals surface area contributed by atoms with E-state index in [-0.39, 0.29) is 5.91 Å². The zero-order chi connectivity index (χ0) is 13.0. The molecule has 2 rings (SSSR count). The largest absolute Gasteiger partial charge is 0.496 e. The van der Waals surface area contributed by atoms with E-state index in [2.05, 4.69) is 21.2 Å². The van der Waals surface area contributed by atoms with Crippen LogP contribution in [0, 0.1) is 0 Å². The van der Waals surface area contributed by atoms with Gasteiger partial charge in [-0.2, -0.15) is 0 Å². The van der Waals surface area contributed by atoms with Gasteiger partial charge in [0.25, 0.3) is 5.91 Å². The summed E-state index contributed by atoms with van der Waals surface area (Å²) in [5.74, 6) is 0.639. The van der Waals surface area contributed by atoms with Gasteiger partial charge in [0.05, 0.1) is 12.0 Å². The Morgan fingerprint density at radius 3 is 2.72 bits per heavy atom. The normalized spacial score (nSPS) is 10.1. The van der Waals surface area contributed by atoms with Crippen molar-refractivity contribution in [2.45, 2.75) is 6.54 Å². The molecule has 5 heteroatoms. The van der Waals surface area contributed by atoms with Crippen LogP contribution in [-0.4, -0.2) is 13.0 Å². The summed E-state index contributed by atoms with van der Waals surface area (Å²) in [6.45, 7) is 0.520. The van der Waals surface area contributed by atoms with E-state index in [1.54, 1.807) is 13.2 Å². The summed E-state index contributed by atoms with van der Waals surface area (Å²) < 4.78 is 6.07. The van der Waals surface area contributed by atoms with Gasteiger partial charge in [-0.3, -0.25) is 4.79 Å². The Balaban J connectivity index is 1.93. The SMILES string of the molecule is COc1csc(C(=O)NCc2ccc(Br)cc2)c1. The molecule has 0 aliphatic carbocycles. The summed E-state index contributed by atoms with van der Waals surface area (Å²) in [7, 11) is 1.59. The Hall–Kier alpha value is -1.33. The molecule has 1 aromatic carbocycles. The van der Waals surface area contributed by atoms with Crippen LogP contribution in [0.4, 0.5) is 0 Å². The van der Waals surface area contributed by atoms with Crippen LogP contribution in [-0.2, 0) is 6.54 Å². The highest BCUT2D eigenvalue weighted by Gasteiger charge is 2.08. The molecule has 3 nitrogen and oxygen atoms in total. The Bertz CT molecular complexity index is 536. The number of rotatable bonds is 4. The van der Waals surface area contributed by atoms with Crippen LogP contribution in [0.25, 0.3) is 0 Å². The highest BCUT2D eigenvalue weighted by Crippen LogP contribution is 2.21. The van der Waals surface area contributed by atoms with E-state index in [9.17, 15) is 4.79 Å². The molecular weight excluding hydrogens is 314 g/mol. The maximum Gasteiger partial charge on any atom is 0.261 e. The quantitative estimate of drug-likeness (QED) is 0.935. The predicted octanol–water partition coefficient (Wildman–Crippen LogP) is 3.45. The zero-order valence-electron chi connectivity index (χ0n) is 9.77. The average molecular weight is 326 g/mol. The first kappa shape index (κ1) is 13.1. The molecule has 0 aliphatic heterocycles. The number of hydrogen-bond donors (Lipinski definition) is 1. The molecule has 0 saturated carbocycles. The molecule has 94 valence electrons. The Morgan fingerprint density at radius 1 is 1.39 bits per heavy atom. The van der Waals surface area contributed by atoms with E-state index in [4.69, 9.17) is 4.74 Å². The van der Waals surface area contributed by atoms with Crippen molar-refractivity contribution in [2.75, 3.05) is 7.11 Å². The smallest absolute Gasteiger partial charge is 0.261 e. The Labute approximate surface area is 118 Å². The van der Waals surface area contributed by atoms with Crippen molar-refractivity contribution < 1.29 is 9.53 Å². The molecule has 0 radical (unpaired) electrons. The third kappa shape index (κ3) is 3.34. The molecule has 18 heavy (non-hydrogen) atoms. The van der Waals surface area contributed by atoms with Crippen molar-refractivity contribution in [3.8, 4) is 5.75 Å². The minimum Gasteiger partial charge on any atom is -0.496 e. The second-order valence-electron chi connectivity index (χ2n) is 3.66. The fourth-order valence-electron chi connectivity index (χ4n) is 1.42.